The van der Waals surface area contributed by atoms with E-state index in [1.165, 1.54) is 0 Å². The maximum Gasteiger partial charge on any atom is 0.0755 e. The molecule has 1 heterocycles. The Morgan fingerprint density at radius 1 is 1.47 bits per heavy atom. The number of halogens is 1. The van der Waals surface area contributed by atoms with Crippen molar-refractivity contribution in [3.8, 4) is 0 Å². The minimum Gasteiger partial charge on any atom is -0.394 e. The normalized spacial score (nSPS) is 21.7. The third-order valence-corrected chi connectivity index (χ3v) is 3.27. The molecule has 1 fully saturated rings. The van der Waals surface area contributed by atoms with Gasteiger partial charge >= 0.3 is 0 Å². The number of hydrogen-bond donors (Lipinski definition) is 1. The quantitative estimate of drug-likeness (QED) is 0.888. The first-order valence-corrected chi connectivity index (χ1v) is 5.82. The van der Waals surface area contributed by atoms with E-state index in [9.17, 15) is 5.11 Å². The predicted molar refractivity (Wildman–Crippen MR) is 63.2 cm³/mol. The van der Waals surface area contributed by atoms with Crippen molar-refractivity contribution in [2.75, 3.05) is 31.3 Å². The highest BCUT2D eigenvalue weighted by atomic mass is 79.9. The average Bonchev–Trinajstić information content (AvgIpc) is 2.30. The molecule has 1 unspecified atom stereocenters. The SMILES string of the molecule is OCC1COCCN1c1ccccc1Br. The number of para-hydroxylation sites is 1. The summed E-state index contributed by atoms with van der Waals surface area (Å²) in [6.07, 6.45) is 0. The molecule has 1 aliphatic rings. The smallest absolute Gasteiger partial charge is 0.0755 e. The van der Waals surface area contributed by atoms with Crippen LogP contribution in [0.15, 0.2) is 28.7 Å². The lowest BCUT2D eigenvalue weighted by atomic mass is 10.2. The average molecular weight is 272 g/mol. The molecule has 1 aromatic rings. The number of nitrogens with zero attached hydrogens (tertiary/aromatic N) is 1. The largest absolute Gasteiger partial charge is 0.394 e. The monoisotopic (exact) mass is 271 g/mol. The third-order valence-electron chi connectivity index (χ3n) is 2.60. The van der Waals surface area contributed by atoms with Crippen LogP contribution in [0, 0.1) is 0 Å². The second kappa shape index (κ2) is 4.96. The van der Waals surface area contributed by atoms with Gasteiger partial charge in [0.1, 0.15) is 0 Å². The van der Waals surface area contributed by atoms with Crippen molar-refractivity contribution in [2.24, 2.45) is 0 Å². The number of benzene rings is 1. The number of rotatable bonds is 2. The third kappa shape index (κ3) is 2.33. The molecule has 82 valence electrons. The van der Waals surface area contributed by atoms with Gasteiger partial charge in [0.25, 0.3) is 0 Å². The Hall–Kier alpha value is -0.580. The van der Waals surface area contributed by atoms with Crippen LogP contribution in [0.1, 0.15) is 0 Å². The molecule has 4 heteroatoms. The van der Waals surface area contributed by atoms with Gasteiger partial charge in [0, 0.05) is 11.0 Å². The van der Waals surface area contributed by atoms with E-state index < -0.39 is 0 Å². The molecular formula is C11H14BrNO2. The lowest BCUT2D eigenvalue weighted by molar-refractivity contribution is 0.0726. The molecule has 2 rings (SSSR count). The molecule has 0 spiro atoms. The Labute approximate surface area is 97.8 Å². The summed E-state index contributed by atoms with van der Waals surface area (Å²) in [6.45, 7) is 2.27. The number of aliphatic hydroxyl groups is 1. The van der Waals surface area contributed by atoms with Gasteiger partial charge in [-0.1, -0.05) is 12.1 Å². The van der Waals surface area contributed by atoms with Crippen LogP contribution in [0.3, 0.4) is 0 Å². The minimum atomic E-state index is 0.0671. The molecular weight excluding hydrogens is 258 g/mol. The number of aliphatic hydroxyl groups excluding tert-OH is 1. The summed E-state index contributed by atoms with van der Waals surface area (Å²) < 4.78 is 6.41. The molecule has 15 heavy (non-hydrogen) atoms. The van der Waals surface area contributed by atoms with Gasteiger partial charge < -0.3 is 14.7 Å². The summed E-state index contributed by atoms with van der Waals surface area (Å²) in [6, 6.07) is 8.13. The zero-order chi connectivity index (χ0) is 10.7. The lowest BCUT2D eigenvalue weighted by Gasteiger charge is -2.36. The Morgan fingerprint density at radius 3 is 3.00 bits per heavy atom. The molecule has 0 saturated carbocycles. The first-order valence-electron chi connectivity index (χ1n) is 5.02. The van der Waals surface area contributed by atoms with Crippen molar-refractivity contribution in [3.63, 3.8) is 0 Å². The Bertz CT molecular complexity index is 332. The standard InChI is InChI=1S/C11H14BrNO2/c12-10-3-1-2-4-11(10)13-5-6-15-8-9(13)7-14/h1-4,9,14H,5-8H2. The van der Waals surface area contributed by atoms with E-state index in [0.717, 1.165) is 23.3 Å². The summed E-state index contributed by atoms with van der Waals surface area (Å²) in [5, 5.41) is 9.28. The van der Waals surface area contributed by atoms with E-state index in [2.05, 4.69) is 26.9 Å². The first-order chi connectivity index (χ1) is 7.33. The Morgan fingerprint density at radius 2 is 2.27 bits per heavy atom. The second-order valence-electron chi connectivity index (χ2n) is 3.56. The molecule has 1 saturated heterocycles. The molecule has 1 aromatic carbocycles. The van der Waals surface area contributed by atoms with E-state index in [-0.39, 0.29) is 12.6 Å². The van der Waals surface area contributed by atoms with E-state index in [0.29, 0.717) is 6.61 Å². The summed E-state index contributed by atoms with van der Waals surface area (Å²) in [4.78, 5) is 2.19. The molecule has 3 nitrogen and oxygen atoms in total. The summed E-state index contributed by atoms with van der Waals surface area (Å²) in [5.41, 5.74) is 1.12. The number of ether oxygens (including phenoxy) is 1. The van der Waals surface area contributed by atoms with Gasteiger partial charge in [-0.15, -0.1) is 0 Å². The van der Waals surface area contributed by atoms with Crippen LogP contribution in [0.2, 0.25) is 0 Å². The molecule has 1 atom stereocenters. The van der Waals surface area contributed by atoms with Crippen molar-refractivity contribution in [1.29, 1.82) is 0 Å². The van der Waals surface area contributed by atoms with Crippen LogP contribution in [-0.2, 0) is 4.74 Å². The number of morpholine rings is 1. The van der Waals surface area contributed by atoms with Crippen LogP contribution in [-0.4, -0.2) is 37.5 Å². The van der Waals surface area contributed by atoms with Gasteiger partial charge in [-0.05, 0) is 28.1 Å². The fourth-order valence-corrected chi connectivity index (χ4v) is 2.32. The summed E-state index contributed by atoms with van der Waals surface area (Å²) >= 11 is 3.52. The van der Waals surface area contributed by atoms with Crippen molar-refractivity contribution in [1.82, 2.24) is 0 Å². The van der Waals surface area contributed by atoms with E-state index in [1.54, 1.807) is 0 Å². The summed E-state index contributed by atoms with van der Waals surface area (Å²) in [7, 11) is 0. The van der Waals surface area contributed by atoms with E-state index in [4.69, 9.17) is 4.74 Å². The molecule has 0 radical (unpaired) electrons. The molecule has 0 bridgehead atoms. The molecule has 0 amide bonds. The molecule has 0 aromatic heterocycles. The predicted octanol–water partition coefficient (Wildman–Crippen LogP) is 1.65. The zero-order valence-electron chi connectivity index (χ0n) is 8.40. The zero-order valence-corrected chi connectivity index (χ0v) is 9.98. The van der Waals surface area contributed by atoms with Gasteiger partial charge in [0.15, 0.2) is 0 Å². The maximum atomic E-state index is 9.28. The Balaban J connectivity index is 2.24. The van der Waals surface area contributed by atoms with Gasteiger partial charge in [0.05, 0.1) is 31.5 Å². The van der Waals surface area contributed by atoms with Crippen molar-refractivity contribution >= 4 is 21.6 Å². The highest BCUT2D eigenvalue weighted by Crippen LogP contribution is 2.28. The van der Waals surface area contributed by atoms with E-state index in [1.807, 2.05) is 18.2 Å². The maximum absolute atomic E-state index is 9.28. The first kappa shape index (κ1) is 10.9. The number of anilines is 1. The summed E-state index contributed by atoms with van der Waals surface area (Å²) in [5.74, 6) is 0. The van der Waals surface area contributed by atoms with Crippen LogP contribution >= 0.6 is 15.9 Å². The molecule has 0 aliphatic carbocycles. The van der Waals surface area contributed by atoms with Gasteiger partial charge in [-0.3, -0.25) is 0 Å². The van der Waals surface area contributed by atoms with Gasteiger partial charge in [-0.25, -0.2) is 0 Å². The fourth-order valence-electron chi connectivity index (χ4n) is 1.81. The second-order valence-corrected chi connectivity index (χ2v) is 4.41. The molecule has 1 N–H and O–H groups in total. The highest BCUT2D eigenvalue weighted by Gasteiger charge is 2.23. The van der Waals surface area contributed by atoms with Crippen LogP contribution in [0.4, 0.5) is 5.69 Å². The lowest BCUT2D eigenvalue weighted by Crippen LogP contribution is -2.47. The minimum absolute atomic E-state index is 0.0671. The van der Waals surface area contributed by atoms with Crippen LogP contribution in [0.25, 0.3) is 0 Å². The van der Waals surface area contributed by atoms with Gasteiger partial charge in [0.2, 0.25) is 0 Å². The van der Waals surface area contributed by atoms with Crippen molar-refractivity contribution in [2.45, 2.75) is 6.04 Å². The van der Waals surface area contributed by atoms with E-state index >= 15 is 0 Å². The van der Waals surface area contributed by atoms with Crippen molar-refractivity contribution in [3.05, 3.63) is 28.7 Å². The van der Waals surface area contributed by atoms with Crippen LogP contribution in [0.5, 0.6) is 0 Å². The fraction of sp³-hybridized carbons (Fsp3) is 0.455. The topological polar surface area (TPSA) is 32.7 Å². The number of hydrogen-bond acceptors (Lipinski definition) is 3. The molecule has 1 aliphatic heterocycles. The van der Waals surface area contributed by atoms with Crippen molar-refractivity contribution < 1.29 is 9.84 Å². The highest BCUT2D eigenvalue weighted by molar-refractivity contribution is 9.10. The van der Waals surface area contributed by atoms with Gasteiger partial charge in [-0.2, -0.15) is 0 Å². The Kier molecular flexibility index (Phi) is 3.61. The van der Waals surface area contributed by atoms with Crippen LogP contribution < -0.4 is 4.90 Å².